The highest BCUT2D eigenvalue weighted by molar-refractivity contribution is 4.86. The molecule has 0 radical (unpaired) electrons. The highest BCUT2D eigenvalue weighted by Crippen LogP contribution is 2.30. The molecule has 2 saturated carbocycles. The van der Waals surface area contributed by atoms with Gasteiger partial charge in [0.25, 0.3) is 0 Å². The molecule has 2 aliphatic carbocycles. The number of aliphatic hydroxyl groups is 1. The van der Waals surface area contributed by atoms with Crippen LogP contribution in [0.2, 0.25) is 0 Å². The first-order valence-electron chi connectivity index (χ1n) is 5.67. The molecule has 0 aliphatic heterocycles. The fourth-order valence-corrected chi connectivity index (χ4v) is 2.91. The van der Waals surface area contributed by atoms with E-state index in [9.17, 15) is 5.11 Å². The van der Waals surface area contributed by atoms with Crippen molar-refractivity contribution >= 4 is 0 Å². The van der Waals surface area contributed by atoms with Crippen LogP contribution in [0.1, 0.15) is 44.9 Å². The Labute approximate surface area is 80.9 Å². The van der Waals surface area contributed by atoms with E-state index in [-0.39, 0.29) is 6.10 Å². The Balaban J connectivity index is 1.85. The van der Waals surface area contributed by atoms with Crippen molar-refractivity contribution in [1.82, 2.24) is 4.90 Å². The molecule has 2 nitrogen and oxygen atoms in total. The maximum Gasteiger partial charge on any atom is 0.0555 e. The van der Waals surface area contributed by atoms with Crippen LogP contribution >= 0.6 is 0 Å². The van der Waals surface area contributed by atoms with Gasteiger partial charge in [0.2, 0.25) is 0 Å². The second-order valence-corrected chi connectivity index (χ2v) is 4.72. The summed E-state index contributed by atoms with van der Waals surface area (Å²) in [6.07, 6.45) is 8.78. The lowest BCUT2D eigenvalue weighted by atomic mass is 10.1. The van der Waals surface area contributed by atoms with E-state index in [4.69, 9.17) is 0 Å². The molecular weight excluding hydrogens is 162 g/mol. The van der Waals surface area contributed by atoms with Gasteiger partial charge in [-0.25, -0.2) is 0 Å². The first-order chi connectivity index (χ1) is 6.27. The van der Waals surface area contributed by atoms with Crippen LogP contribution in [0.3, 0.4) is 0 Å². The van der Waals surface area contributed by atoms with E-state index in [1.165, 1.54) is 32.1 Å². The molecule has 2 atom stereocenters. The van der Waals surface area contributed by atoms with Crippen LogP contribution in [0.15, 0.2) is 0 Å². The molecule has 0 aromatic rings. The Hall–Kier alpha value is -0.0800. The second-order valence-electron chi connectivity index (χ2n) is 4.72. The predicted molar refractivity (Wildman–Crippen MR) is 53.7 cm³/mol. The molecule has 0 aromatic carbocycles. The van der Waals surface area contributed by atoms with Gasteiger partial charge in [0, 0.05) is 12.1 Å². The Morgan fingerprint density at radius 1 is 1.00 bits per heavy atom. The fourth-order valence-electron chi connectivity index (χ4n) is 2.91. The molecule has 76 valence electrons. The number of aliphatic hydroxyl groups excluding tert-OH is 1. The zero-order valence-corrected chi connectivity index (χ0v) is 8.58. The lowest BCUT2D eigenvalue weighted by Crippen LogP contribution is -2.37. The summed E-state index contributed by atoms with van der Waals surface area (Å²) >= 11 is 0. The van der Waals surface area contributed by atoms with Crippen molar-refractivity contribution in [2.24, 2.45) is 0 Å². The molecule has 13 heavy (non-hydrogen) atoms. The van der Waals surface area contributed by atoms with E-state index in [1.807, 2.05) is 0 Å². The maximum atomic E-state index is 9.46. The van der Waals surface area contributed by atoms with Crippen molar-refractivity contribution in [1.29, 1.82) is 0 Å². The fraction of sp³-hybridized carbons (Fsp3) is 1.00. The molecule has 0 amide bonds. The molecule has 0 spiro atoms. The van der Waals surface area contributed by atoms with Crippen molar-refractivity contribution in [3.05, 3.63) is 0 Å². The third-order valence-corrected chi connectivity index (χ3v) is 3.85. The Morgan fingerprint density at radius 2 is 1.69 bits per heavy atom. The van der Waals surface area contributed by atoms with E-state index in [2.05, 4.69) is 11.9 Å². The van der Waals surface area contributed by atoms with E-state index in [0.29, 0.717) is 6.04 Å². The summed E-state index contributed by atoms with van der Waals surface area (Å²) in [4.78, 5) is 2.53. The molecule has 1 N–H and O–H groups in total. The molecule has 2 fully saturated rings. The molecule has 2 rings (SSSR count). The first-order valence-corrected chi connectivity index (χ1v) is 5.67. The molecule has 2 aliphatic rings. The summed E-state index contributed by atoms with van der Waals surface area (Å²) in [6.45, 7) is 0. The highest BCUT2D eigenvalue weighted by Gasteiger charge is 2.30. The summed E-state index contributed by atoms with van der Waals surface area (Å²) < 4.78 is 0. The van der Waals surface area contributed by atoms with Gasteiger partial charge in [0.05, 0.1) is 6.10 Å². The van der Waals surface area contributed by atoms with E-state index >= 15 is 0 Å². The van der Waals surface area contributed by atoms with Crippen LogP contribution in [-0.2, 0) is 0 Å². The standard InChI is InChI=1S/C11H21NO/c1-12(9-4-2-3-5-9)10-6-7-11(13)8-10/h9-11,13H,2-8H2,1H3. The van der Waals surface area contributed by atoms with Crippen molar-refractivity contribution in [3.63, 3.8) is 0 Å². The molecule has 2 heteroatoms. The lowest BCUT2D eigenvalue weighted by Gasteiger charge is -2.30. The third kappa shape index (κ3) is 2.05. The Morgan fingerprint density at radius 3 is 2.23 bits per heavy atom. The van der Waals surface area contributed by atoms with Gasteiger partial charge in [-0.05, 0) is 39.2 Å². The number of rotatable bonds is 2. The first kappa shape index (κ1) is 9.47. The molecule has 2 unspecified atom stereocenters. The van der Waals surface area contributed by atoms with Gasteiger partial charge >= 0.3 is 0 Å². The van der Waals surface area contributed by atoms with Gasteiger partial charge in [0.1, 0.15) is 0 Å². The highest BCUT2D eigenvalue weighted by atomic mass is 16.3. The zero-order valence-electron chi connectivity index (χ0n) is 8.58. The normalized spacial score (nSPS) is 36.2. The summed E-state index contributed by atoms with van der Waals surface area (Å²) in [6, 6.07) is 1.48. The van der Waals surface area contributed by atoms with Gasteiger partial charge in [0.15, 0.2) is 0 Å². The number of hydrogen-bond acceptors (Lipinski definition) is 2. The van der Waals surface area contributed by atoms with E-state index in [0.717, 1.165) is 18.9 Å². The van der Waals surface area contributed by atoms with E-state index in [1.54, 1.807) is 0 Å². The minimum absolute atomic E-state index is 0.0196. The van der Waals surface area contributed by atoms with Gasteiger partial charge in [-0.1, -0.05) is 12.8 Å². The minimum Gasteiger partial charge on any atom is -0.393 e. The van der Waals surface area contributed by atoms with Gasteiger partial charge in [-0.3, -0.25) is 0 Å². The largest absolute Gasteiger partial charge is 0.393 e. The van der Waals surface area contributed by atoms with Crippen LogP contribution in [-0.4, -0.2) is 35.2 Å². The Kier molecular flexibility index (Phi) is 2.89. The second kappa shape index (κ2) is 3.97. The smallest absolute Gasteiger partial charge is 0.0555 e. The predicted octanol–water partition coefficient (Wildman–Crippen LogP) is 1.77. The third-order valence-electron chi connectivity index (χ3n) is 3.85. The SMILES string of the molecule is CN(C1CCCC1)C1CCC(O)C1. The van der Waals surface area contributed by atoms with Crippen molar-refractivity contribution in [3.8, 4) is 0 Å². The molecule has 0 heterocycles. The number of hydrogen-bond donors (Lipinski definition) is 1. The van der Waals surface area contributed by atoms with Crippen LogP contribution < -0.4 is 0 Å². The average molecular weight is 183 g/mol. The quantitative estimate of drug-likeness (QED) is 0.705. The lowest BCUT2D eigenvalue weighted by molar-refractivity contribution is 0.141. The summed E-state index contributed by atoms with van der Waals surface area (Å²) in [5.74, 6) is 0. The van der Waals surface area contributed by atoms with Gasteiger partial charge in [-0.2, -0.15) is 0 Å². The van der Waals surface area contributed by atoms with Crippen molar-refractivity contribution in [2.75, 3.05) is 7.05 Å². The van der Waals surface area contributed by atoms with Crippen LogP contribution in [0.4, 0.5) is 0 Å². The Bertz CT molecular complexity index is 165. The number of nitrogens with zero attached hydrogens (tertiary/aromatic N) is 1. The average Bonchev–Trinajstić information content (AvgIpc) is 2.72. The van der Waals surface area contributed by atoms with Gasteiger partial charge in [-0.15, -0.1) is 0 Å². The summed E-state index contributed by atoms with van der Waals surface area (Å²) in [5.41, 5.74) is 0. The molecule has 0 aromatic heterocycles. The van der Waals surface area contributed by atoms with Crippen molar-refractivity contribution < 1.29 is 5.11 Å². The monoisotopic (exact) mass is 183 g/mol. The molecule has 0 saturated heterocycles. The summed E-state index contributed by atoms with van der Waals surface area (Å²) in [5, 5.41) is 9.46. The maximum absolute atomic E-state index is 9.46. The molecule has 0 bridgehead atoms. The zero-order chi connectivity index (χ0) is 9.26. The van der Waals surface area contributed by atoms with Crippen LogP contribution in [0, 0.1) is 0 Å². The summed E-state index contributed by atoms with van der Waals surface area (Å²) in [7, 11) is 2.25. The van der Waals surface area contributed by atoms with Gasteiger partial charge < -0.3 is 10.0 Å². The van der Waals surface area contributed by atoms with Crippen LogP contribution in [0.25, 0.3) is 0 Å². The minimum atomic E-state index is -0.0196. The van der Waals surface area contributed by atoms with Crippen molar-refractivity contribution in [2.45, 2.75) is 63.1 Å². The van der Waals surface area contributed by atoms with Crippen LogP contribution in [0.5, 0.6) is 0 Å². The van der Waals surface area contributed by atoms with E-state index < -0.39 is 0 Å². The molecular formula is C11H21NO. The topological polar surface area (TPSA) is 23.5 Å².